The lowest BCUT2D eigenvalue weighted by Crippen LogP contribution is -2.46. The summed E-state index contributed by atoms with van der Waals surface area (Å²) in [5.41, 5.74) is -0.854. The Hall–Kier alpha value is -2.24. The third-order valence-electron chi connectivity index (χ3n) is 5.62. The van der Waals surface area contributed by atoms with Gasteiger partial charge in [-0.15, -0.1) is 0 Å². The van der Waals surface area contributed by atoms with E-state index < -0.39 is 10.3 Å². The van der Waals surface area contributed by atoms with Gasteiger partial charge >= 0.3 is 0 Å². The molecule has 2 bridgehead atoms. The van der Waals surface area contributed by atoms with E-state index in [2.05, 4.69) is 5.32 Å². The molecule has 2 aliphatic carbocycles. The second kappa shape index (κ2) is 4.63. The summed E-state index contributed by atoms with van der Waals surface area (Å²) in [6.07, 6.45) is 1.95. The second-order valence-electron chi connectivity index (χ2n) is 6.75. The molecule has 2 unspecified atom stereocenters. The average Bonchev–Trinajstić information content (AvgIpc) is 2.82. The highest BCUT2D eigenvalue weighted by atomic mass is 16.6. The van der Waals surface area contributed by atoms with E-state index in [4.69, 9.17) is 0 Å². The second-order valence-corrected chi connectivity index (χ2v) is 6.75. The zero-order chi connectivity index (χ0) is 16.1. The Labute approximate surface area is 128 Å². The number of hydrogen-bond donors (Lipinski definition) is 1. The SMILES string of the molecule is CC1(C)C2CCC1(C(=O)Nc1ccc([N+](=O)[O-])cc1)C(=O)C2. The molecule has 2 saturated carbocycles. The fraction of sp³-hybridized carbons (Fsp3) is 0.500. The summed E-state index contributed by atoms with van der Waals surface area (Å²) in [5, 5.41) is 13.4. The number of carbonyl (C=O) groups excluding carboxylic acids is 2. The maximum Gasteiger partial charge on any atom is 0.269 e. The fourth-order valence-electron chi connectivity index (χ4n) is 4.11. The van der Waals surface area contributed by atoms with Crippen molar-refractivity contribution in [1.29, 1.82) is 0 Å². The van der Waals surface area contributed by atoms with Crippen molar-refractivity contribution in [2.24, 2.45) is 16.7 Å². The van der Waals surface area contributed by atoms with Crippen LogP contribution in [0.25, 0.3) is 0 Å². The Morgan fingerprint density at radius 1 is 1.32 bits per heavy atom. The monoisotopic (exact) mass is 302 g/mol. The Bertz CT molecular complexity index is 665. The maximum absolute atomic E-state index is 12.8. The van der Waals surface area contributed by atoms with Crippen molar-refractivity contribution < 1.29 is 14.5 Å². The van der Waals surface area contributed by atoms with Crippen LogP contribution in [-0.4, -0.2) is 16.6 Å². The molecule has 1 amide bonds. The van der Waals surface area contributed by atoms with Crippen molar-refractivity contribution in [3.05, 3.63) is 34.4 Å². The van der Waals surface area contributed by atoms with Crippen molar-refractivity contribution in [3.63, 3.8) is 0 Å². The fourth-order valence-corrected chi connectivity index (χ4v) is 4.11. The van der Waals surface area contributed by atoms with Gasteiger partial charge in [-0.2, -0.15) is 0 Å². The number of carbonyl (C=O) groups is 2. The van der Waals surface area contributed by atoms with E-state index in [9.17, 15) is 19.7 Å². The standard InChI is InChI=1S/C16H18N2O4/c1-15(2)10-7-8-16(15,13(19)9-10)14(20)17-11-3-5-12(6-4-11)18(21)22/h3-6,10H,7-9H2,1-2H3,(H,17,20). The highest BCUT2D eigenvalue weighted by Gasteiger charge is 2.68. The number of rotatable bonds is 3. The highest BCUT2D eigenvalue weighted by molar-refractivity contribution is 6.14. The first-order chi connectivity index (χ1) is 10.3. The van der Waals surface area contributed by atoms with Crippen molar-refractivity contribution in [3.8, 4) is 0 Å². The highest BCUT2D eigenvalue weighted by Crippen LogP contribution is 2.64. The molecular formula is C16H18N2O4. The molecule has 1 aromatic rings. The van der Waals surface area contributed by atoms with Gasteiger partial charge in [-0.05, 0) is 36.3 Å². The molecule has 1 aromatic carbocycles. The van der Waals surface area contributed by atoms with Crippen LogP contribution in [0.5, 0.6) is 0 Å². The number of anilines is 1. The Morgan fingerprint density at radius 3 is 2.41 bits per heavy atom. The molecule has 6 nitrogen and oxygen atoms in total. The summed E-state index contributed by atoms with van der Waals surface area (Å²) in [6.45, 7) is 3.98. The summed E-state index contributed by atoms with van der Waals surface area (Å²) < 4.78 is 0. The number of fused-ring (bicyclic) bond motifs is 2. The number of ketones is 1. The molecule has 0 aliphatic heterocycles. The Balaban J connectivity index is 1.85. The predicted molar refractivity (Wildman–Crippen MR) is 80.3 cm³/mol. The van der Waals surface area contributed by atoms with Gasteiger partial charge in [-0.25, -0.2) is 0 Å². The number of nitrogens with zero attached hydrogens (tertiary/aromatic N) is 1. The van der Waals surface area contributed by atoms with E-state index in [-0.39, 0.29) is 28.7 Å². The number of nitro groups is 1. The molecule has 0 heterocycles. The summed E-state index contributed by atoms with van der Waals surface area (Å²) in [4.78, 5) is 35.3. The molecule has 1 N–H and O–H groups in total. The summed E-state index contributed by atoms with van der Waals surface area (Å²) >= 11 is 0. The largest absolute Gasteiger partial charge is 0.325 e. The van der Waals surface area contributed by atoms with Crippen LogP contribution in [0.2, 0.25) is 0 Å². The number of nitro benzene ring substituents is 1. The van der Waals surface area contributed by atoms with E-state index in [0.717, 1.165) is 6.42 Å². The van der Waals surface area contributed by atoms with Crippen molar-refractivity contribution in [1.82, 2.24) is 0 Å². The van der Waals surface area contributed by atoms with E-state index in [1.165, 1.54) is 24.3 Å². The molecule has 6 heteroatoms. The lowest BCUT2D eigenvalue weighted by molar-refractivity contribution is -0.384. The van der Waals surface area contributed by atoms with Gasteiger partial charge in [0.25, 0.3) is 5.69 Å². The van der Waals surface area contributed by atoms with Crippen molar-refractivity contribution >= 4 is 23.1 Å². The number of benzene rings is 1. The van der Waals surface area contributed by atoms with Crippen LogP contribution in [0, 0.1) is 26.9 Å². The summed E-state index contributed by atoms with van der Waals surface area (Å²) in [6, 6.07) is 5.66. The molecule has 2 atom stereocenters. The molecule has 3 rings (SSSR count). The molecule has 0 saturated heterocycles. The Morgan fingerprint density at radius 2 is 1.95 bits per heavy atom. The molecule has 2 aliphatic rings. The number of Topliss-reactive ketones (excluding diaryl/α,β-unsaturated/α-hetero) is 1. The van der Waals surface area contributed by atoms with Gasteiger partial charge in [-0.1, -0.05) is 13.8 Å². The molecule has 0 radical (unpaired) electrons. The normalized spacial score (nSPS) is 28.6. The number of nitrogens with one attached hydrogen (secondary N) is 1. The lowest BCUT2D eigenvalue weighted by atomic mass is 9.68. The molecule has 116 valence electrons. The number of amides is 1. The minimum atomic E-state index is -0.959. The molecular weight excluding hydrogens is 284 g/mol. The minimum absolute atomic E-state index is 0.0214. The van der Waals surface area contributed by atoms with E-state index in [1.807, 2.05) is 13.8 Å². The molecule has 2 fully saturated rings. The maximum atomic E-state index is 12.8. The summed E-state index contributed by atoms with van der Waals surface area (Å²) in [5.74, 6) is 0.00660. The van der Waals surface area contributed by atoms with Crippen molar-refractivity contribution in [2.45, 2.75) is 33.1 Å². The van der Waals surface area contributed by atoms with Crippen LogP contribution in [0.1, 0.15) is 33.1 Å². The first kappa shape index (κ1) is 14.7. The van der Waals surface area contributed by atoms with Gasteiger partial charge in [0.1, 0.15) is 11.2 Å². The minimum Gasteiger partial charge on any atom is -0.325 e. The smallest absolute Gasteiger partial charge is 0.269 e. The first-order valence-electron chi connectivity index (χ1n) is 7.38. The Kier molecular flexibility index (Phi) is 3.09. The first-order valence-corrected chi connectivity index (χ1v) is 7.38. The third-order valence-corrected chi connectivity index (χ3v) is 5.62. The van der Waals surface area contributed by atoms with E-state index in [1.54, 1.807) is 0 Å². The van der Waals surface area contributed by atoms with Crippen LogP contribution in [0.3, 0.4) is 0 Å². The van der Waals surface area contributed by atoms with Gasteiger partial charge in [0.05, 0.1) is 4.92 Å². The summed E-state index contributed by atoms with van der Waals surface area (Å²) in [7, 11) is 0. The lowest BCUT2D eigenvalue weighted by Gasteiger charge is -2.34. The zero-order valence-corrected chi connectivity index (χ0v) is 12.6. The van der Waals surface area contributed by atoms with Crippen LogP contribution in [0.15, 0.2) is 24.3 Å². The van der Waals surface area contributed by atoms with Crippen LogP contribution >= 0.6 is 0 Å². The zero-order valence-electron chi connectivity index (χ0n) is 12.6. The van der Waals surface area contributed by atoms with Crippen molar-refractivity contribution in [2.75, 3.05) is 5.32 Å². The molecule has 0 aromatic heterocycles. The van der Waals surface area contributed by atoms with Crippen LogP contribution in [-0.2, 0) is 9.59 Å². The average molecular weight is 302 g/mol. The van der Waals surface area contributed by atoms with Gasteiger partial charge < -0.3 is 5.32 Å². The van der Waals surface area contributed by atoms with E-state index >= 15 is 0 Å². The molecule has 0 spiro atoms. The van der Waals surface area contributed by atoms with Crippen LogP contribution < -0.4 is 5.32 Å². The topological polar surface area (TPSA) is 89.3 Å². The van der Waals surface area contributed by atoms with Gasteiger partial charge in [0.2, 0.25) is 5.91 Å². The van der Waals surface area contributed by atoms with Gasteiger partial charge in [-0.3, -0.25) is 19.7 Å². The number of non-ortho nitro benzene ring substituents is 1. The third kappa shape index (κ3) is 1.79. The van der Waals surface area contributed by atoms with Gasteiger partial charge in [0.15, 0.2) is 0 Å². The van der Waals surface area contributed by atoms with E-state index in [0.29, 0.717) is 18.5 Å². The molecule has 22 heavy (non-hydrogen) atoms. The van der Waals surface area contributed by atoms with Gasteiger partial charge in [0, 0.05) is 24.2 Å². The number of hydrogen-bond acceptors (Lipinski definition) is 4. The predicted octanol–water partition coefficient (Wildman–Crippen LogP) is 2.93. The van der Waals surface area contributed by atoms with Crippen LogP contribution in [0.4, 0.5) is 11.4 Å². The quantitative estimate of drug-likeness (QED) is 0.528.